The fourth-order valence-corrected chi connectivity index (χ4v) is 1.46. The van der Waals surface area contributed by atoms with Gasteiger partial charge in [-0.3, -0.25) is 4.79 Å². The molecular weight excluding hydrogens is 216 g/mol. The van der Waals surface area contributed by atoms with Crippen LogP contribution in [0.2, 0.25) is 0 Å². The van der Waals surface area contributed by atoms with E-state index in [0.29, 0.717) is 11.3 Å². The molecule has 0 bridgehead atoms. The molecule has 0 aromatic heterocycles. The van der Waals surface area contributed by atoms with E-state index >= 15 is 0 Å². The first-order valence-corrected chi connectivity index (χ1v) is 5.45. The third-order valence-corrected chi connectivity index (χ3v) is 2.82. The largest absolute Gasteiger partial charge is 0.481 e. The van der Waals surface area contributed by atoms with E-state index in [1.54, 1.807) is 19.9 Å². The molecule has 0 spiro atoms. The van der Waals surface area contributed by atoms with Crippen LogP contribution in [0, 0.1) is 24.2 Å². The molecule has 0 aliphatic heterocycles. The highest BCUT2D eigenvalue weighted by molar-refractivity contribution is 5.71. The van der Waals surface area contributed by atoms with Crippen LogP contribution < -0.4 is 5.32 Å². The topological polar surface area (TPSA) is 73.1 Å². The van der Waals surface area contributed by atoms with Crippen LogP contribution >= 0.6 is 0 Å². The highest BCUT2D eigenvalue weighted by Gasteiger charge is 2.19. The Morgan fingerprint density at radius 3 is 2.65 bits per heavy atom. The number of aliphatic carboxylic acids is 1. The quantitative estimate of drug-likeness (QED) is 0.836. The van der Waals surface area contributed by atoms with Crippen LogP contribution in [-0.2, 0) is 4.79 Å². The van der Waals surface area contributed by atoms with E-state index < -0.39 is 11.9 Å². The predicted octanol–water partition coefficient (Wildman–Crippen LogP) is 2.39. The van der Waals surface area contributed by atoms with E-state index in [0.717, 1.165) is 5.56 Å². The second kappa shape index (κ2) is 5.35. The van der Waals surface area contributed by atoms with Crippen molar-refractivity contribution in [1.82, 2.24) is 0 Å². The van der Waals surface area contributed by atoms with Gasteiger partial charge in [0.1, 0.15) is 6.07 Å². The second-order valence-electron chi connectivity index (χ2n) is 4.22. The lowest BCUT2D eigenvalue weighted by Crippen LogP contribution is -2.30. The lowest BCUT2D eigenvalue weighted by molar-refractivity contribution is -0.141. The van der Waals surface area contributed by atoms with Crippen LogP contribution in [0.4, 0.5) is 5.69 Å². The van der Waals surface area contributed by atoms with Crippen molar-refractivity contribution in [3.8, 4) is 6.07 Å². The van der Waals surface area contributed by atoms with Crippen LogP contribution in [0.5, 0.6) is 0 Å². The number of anilines is 1. The van der Waals surface area contributed by atoms with Crippen LogP contribution in [0.1, 0.15) is 25.0 Å². The van der Waals surface area contributed by atoms with Crippen molar-refractivity contribution in [2.45, 2.75) is 26.8 Å². The molecule has 4 heteroatoms. The van der Waals surface area contributed by atoms with E-state index in [2.05, 4.69) is 11.4 Å². The number of benzene rings is 1. The Morgan fingerprint density at radius 1 is 1.47 bits per heavy atom. The molecule has 0 heterocycles. The van der Waals surface area contributed by atoms with Gasteiger partial charge in [-0.25, -0.2) is 0 Å². The maximum atomic E-state index is 10.8. The molecule has 1 aromatic carbocycles. The van der Waals surface area contributed by atoms with E-state index in [1.807, 2.05) is 19.1 Å². The van der Waals surface area contributed by atoms with Crippen LogP contribution in [0.15, 0.2) is 18.2 Å². The maximum Gasteiger partial charge on any atom is 0.308 e. The molecule has 0 aliphatic carbocycles. The summed E-state index contributed by atoms with van der Waals surface area (Å²) in [7, 11) is 0. The summed E-state index contributed by atoms with van der Waals surface area (Å²) in [5, 5.41) is 21.0. The third-order valence-electron chi connectivity index (χ3n) is 2.82. The van der Waals surface area contributed by atoms with Gasteiger partial charge >= 0.3 is 5.97 Å². The molecule has 0 fully saturated rings. The Hall–Kier alpha value is -2.02. The Bertz CT molecular complexity index is 463. The molecule has 17 heavy (non-hydrogen) atoms. The number of carbonyl (C=O) groups is 1. The third kappa shape index (κ3) is 3.22. The minimum atomic E-state index is -0.851. The Kier molecular flexibility index (Phi) is 4.11. The van der Waals surface area contributed by atoms with Gasteiger partial charge in [-0.15, -0.1) is 0 Å². The summed E-state index contributed by atoms with van der Waals surface area (Å²) in [5.74, 6) is -1.36. The van der Waals surface area contributed by atoms with E-state index in [1.165, 1.54) is 0 Å². The number of hydrogen-bond acceptors (Lipinski definition) is 3. The van der Waals surface area contributed by atoms with Gasteiger partial charge in [0.2, 0.25) is 0 Å². The number of nitrogens with one attached hydrogen (secondary N) is 1. The number of carboxylic acids is 1. The van der Waals surface area contributed by atoms with Gasteiger partial charge in [-0.2, -0.15) is 5.26 Å². The van der Waals surface area contributed by atoms with Crippen molar-refractivity contribution in [2.75, 3.05) is 5.32 Å². The summed E-state index contributed by atoms with van der Waals surface area (Å²) >= 11 is 0. The highest BCUT2D eigenvalue weighted by Crippen LogP contribution is 2.19. The van der Waals surface area contributed by atoms with Crippen molar-refractivity contribution in [3.05, 3.63) is 29.3 Å². The first-order chi connectivity index (χ1) is 7.95. The van der Waals surface area contributed by atoms with Gasteiger partial charge in [0.05, 0.1) is 17.2 Å². The maximum absolute atomic E-state index is 10.8. The van der Waals surface area contributed by atoms with Crippen molar-refractivity contribution in [3.63, 3.8) is 0 Å². The van der Waals surface area contributed by atoms with E-state index in [-0.39, 0.29) is 6.04 Å². The zero-order valence-corrected chi connectivity index (χ0v) is 10.2. The summed E-state index contributed by atoms with van der Waals surface area (Å²) < 4.78 is 0. The molecule has 0 saturated carbocycles. The van der Waals surface area contributed by atoms with Crippen LogP contribution in [0.3, 0.4) is 0 Å². The molecular formula is C13H16N2O2. The summed E-state index contributed by atoms with van der Waals surface area (Å²) in [6.45, 7) is 5.36. The molecule has 2 N–H and O–H groups in total. The first-order valence-electron chi connectivity index (χ1n) is 5.45. The average Bonchev–Trinajstić information content (AvgIpc) is 2.28. The molecule has 0 amide bonds. The van der Waals surface area contributed by atoms with Gasteiger partial charge in [-0.05, 0) is 38.5 Å². The molecule has 2 unspecified atom stereocenters. The number of aryl methyl sites for hydroxylation is 1. The highest BCUT2D eigenvalue weighted by atomic mass is 16.4. The van der Waals surface area contributed by atoms with Gasteiger partial charge in [0.25, 0.3) is 0 Å². The average molecular weight is 232 g/mol. The molecule has 1 rings (SSSR count). The summed E-state index contributed by atoms with van der Waals surface area (Å²) in [6.07, 6.45) is 0. The monoisotopic (exact) mass is 232 g/mol. The van der Waals surface area contributed by atoms with E-state index in [9.17, 15) is 4.79 Å². The fraction of sp³-hybridized carbons (Fsp3) is 0.385. The zero-order chi connectivity index (χ0) is 13.0. The van der Waals surface area contributed by atoms with Gasteiger partial charge in [-0.1, -0.05) is 6.07 Å². The molecule has 0 radical (unpaired) electrons. The SMILES string of the molecule is Cc1ccc(C#N)c(NC(C)C(C)C(=O)O)c1. The minimum Gasteiger partial charge on any atom is -0.481 e. The second-order valence-corrected chi connectivity index (χ2v) is 4.22. The van der Waals surface area contributed by atoms with Crippen molar-refractivity contribution in [2.24, 2.45) is 5.92 Å². The Balaban J connectivity index is 2.91. The van der Waals surface area contributed by atoms with Crippen LogP contribution in [0.25, 0.3) is 0 Å². The Labute approximate surface area is 101 Å². The van der Waals surface area contributed by atoms with Crippen molar-refractivity contribution < 1.29 is 9.90 Å². The number of hydrogen-bond donors (Lipinski definition) is 2. The molecule has 0 aliphatic rings. The van der Waals surface area contributed by atoms with Gasteiger partial charge in [0, 0.05) is 6.04 Å². The molecule has 1 aromatic rings. The van der Waals surface area contributed by atoms with Gasteiger partial charge < -0.3 is 10.4 Å². The number of rotatable bonds is 4. The number of nitrogens with zero attached hydrogens (tertiary/aromatic N) is 1. The van der Waals surface area contributed by atoms with Crippen LogP contribution in [-0.4, -0.2) is 17.1 Å². The fourth-order valence-electron chi connectivity index (χ4n) is 1.46. The predicted molar refractivity (Wildman–Crippen MR) is 65.8 cm³/mol. The number of nitriles is 1. The van der Waals surface area contributed by atoms with Crippen molar-refractivity contribution >= 4 is 11.7 Å². The van der Waals surface area contributed by atoms with Crippen molar-refractivity contribution in [1.29, 1.82) is 5.26 Å². The van der Waals surface area contributed by atoms with E-state index in [4.69, 9.17) is 10.4 Å². The lowest BCUT2D eigenvalue weighted by atomic mass is 10.0. The standard InChI is InChI=1S/C13H16N2O2/c1-8-4-5-11(7-14)12(6-8)15-10(3)9(2)13(16)17/h4-6,9-10,15H,1-3H3,(H,16,17). The number of carboxylic acid groups (broad SMARTS) is 1. The zero-order valence-electron chi connectivity index (χ0n) is 10.2. The smallest absolute Gasteiger partial charge is 0.308 e. The molecule has 2 atom stereocenters. The van der Waals surface area contributed by atoms with Gasteiger partial charge in [0.15, 0.2) is 0 Å². The minimum absolute atomic E-state index is 0.235. The summed E-state index contributed by atoms with van der Waals surface area (Å²) in [5.41, 5.74) is 2.25. The normalized spacial score (nSPS) is 13.5. The lowest BCUT2D eigenvalue weighted by Gasteiger charge is -2.20. The summed E-state index contributed by atoms with van der Waals surface area (Å²) in [6, 6.07) is 7.29. The molecule has 0 saturated heterocycles. The Morgan fingerprint density at radius 2 is 2.12 bits per heavy atom. The molecule has 4 nitrogen and oxygen atoms in total. The first kappa shape index (κ1) is 13.0. The summed E-state index contributed by atoms with van der Waals surface area (Å²) in [4.78, 5) is 10.8. The molecule has 90 valence electrons.